The number of carbonyl (C=O) groups is 3. The summed E-state index contributed by atoms with van der Waals surface area (Å²) in [5, 5.41) is 3.44. The van der Waals surface area contributed by atoms with Crippen LogP contribution in [0.2, 0.25) is 0 Å². The molecule has 1 aliphatic heterocycles. The van der Waals surface area contributed by atoms with Gasteiger partial charge in [-0.3, -0.25) is 9.59 Å². The first-order chi connectivity index (χ1) is 15.6. The topological polar surface area (TPSA) is 98.1 Å². The first-order valence-corrected chi connectivity index (χ1v) is 10.1. The van der Waals surface area contributed by atoms with Crippen LogP contribution in [0.5, 0.6) is 0 Å². The molecule has 32 heavy (non-hydrogen) atoms. The lowest BCUT2D eigenvalue weighted by Crippen LogP contribution is -2.40. The molecule has 4 rings (SSSR count). The Morgan fingerprint density at radius 2 is 1.75 bits per heavy atom. The smallest absolute Gasteiger partial charge is 0.337 e. The van der Waals surface area contributed by atoms with E-state index in [2.05, 4.69) is 10.1 Å². The predicted octanol–water partition coefficient (Wildman–Crippen LogP) is 3.34. The fourth-order valence-corrected chi connectivity index (χ4v) is 3.42. The molecule has 0 bridgehead atoms. The lowest BCUT2D eigenvalue weighted by Gasteiger charge is -2.26. The Morgan fingerprint density at radius 3 is 2.47 bits per heavy atom. The van der Waals surface area contributed by atoms with E-state index in [1.807, 2.05) is 6.07 Å². The Balaban J connectivity index is 1.55. The van der Waals surface area contributed by atoms with Crippen LogP contribution < -0.4 is 5.32 Å². The molecule has 164 valence electrons. The molecule has 0 unspecified atom stereocenters. The Morgan fingerprint density at radius 1 is 1.03 bits per heavy atom. The Bertz CT molecular complexity index is 1170. The van der Waals surface area contributed by atoms with Crippen LogP contribution in [0.25, 0.3) is 17.0 Å². The van der Waals surface area contributed by atoms with Gasteiger partial charge >= 0.3 is 5.97 Å². The summed E-state index contributed by atoms with van der Waals surface area (Å²) >= 11 is 0. The Kier molecular flexibility index (Phi) is 6.32. The van der Waals surface area contributed by atoms with E-state index in [1.54, 1.807) is 53.4 Å². The number of amides is 2. The zero-order chi connectivity index (χ0) is 22.5. The molecular weight excluding hydrogens is 412 g/mol. The highest BCUT2D eigenvalue weighted by Gasteiger charge is 2.27. The monoisotopic (exact) mass is 434 g/mol. The van der Waals surface area contributed by atoms with Gasteiger partial charge in [-0.15, -0.1) is 0 Å². The molecule has 1 aliphatic rings. The minimum atomic E-state index is -0.428. The number of nitrogens with zero attached hydrogens (tertiary/aromatic N) is 1. The quantitative estimate of drug-likeness (QED) is 0.489. The fraction of sp³-hybridized carbons (Fsp3) is 0.208. The average Bonchev–Trinajstić information content (AvgIpc) is 3.21. The Hall–Kier alpha value is -3.91. The number of carbonyl (C=O) groups excluding carboxylic acids is 3. The number of esters is 1. The van der Waals surface area contributed by atoms with E-state index in [1.165, 1.54) is 13.2 Å². The zero-order valence-electron chi connectivity index (χ0n) is 17.5. The van der Waals surface area contributed by atoms with Crippen LogP contribution in [0.1, 0.15) is 26.5 Å². The molecule has 0 radical (unpaired) electrons. The number of furan rings is 1. The first-order valence-electron chi connectivity index (χ1n) is 10.1. The molecule has 0 spiro atoms. The van der Waals surface area contributed by atoms with E-state index in [0.717, 1.165) is 5.56 Å². The van der Waals surface area contributed by atoms with Gasteiger partial charge in [-0.05, 0) is 35.9 Å². The second kappa shape index (κ2) is 9.49. The van der Waals surface area contributed by atoms with E-state index in [0.29, 0.717) is 48.5 Å². The number of rotatable bonds is 5. The van der Waals surface area contributed by atoms with Crippen LogP contribution in [0.3, 0.4) is 0 Å². The highest BCUT2D eigenvalue weighted by atomic mass is 16.5. The lowest BCUT2D eigenvalue weighted by molar-refractivity contribution is -0.111. The average molecular weight is 434 g/mol. The molecule has 2 aromatic carbocycles. The van der Waals surface area contributed by atoms with Gasteiger partial charge in [0.1, 0.15) is 11.3 Å². The summed E-state index contributed by atoms with van der Waals surface area (Å²) in [6, 6.07) is 13.8. The summed E-state index contributed by atoms with van der Waals surface area (Å²) in [6.07, 6.45) is 2.97. The number of benzene rings is 2. The Labute approximate surface area is 184 Å². The highest BCUT2D eigenvalue weighted by Crippen LogP contribution is 2.32. The van der Waals surface area contributed by atoms with Crippen molar-refractivity contribution in [3.8, 4) is 0 Å². The number of morpholine rings is 1. The number of hydrogen-bond donors (Lipinski definition) is 1. The summed E-state index contributed by atoms with van der Waals surface area (Å²) in [5.74, 6) is -1.04. The van der Waals surface area contributed by atoms with Gasteiger partial charge in [-0.1, -0.05) is 24.3 Å². The van der Waals surface area contributed by atoms with Crippen molar-refractivity contribution in [1.82, 2.24) is 4.90 Å². The van der Waals surface area contributed by atoms with Crippen LogP contribution in [0, 0.1) is 0 Å². The van der Waals surface area contributed by atoms with Gasteiger partial charge in [0.15, 0.2) is 0 Å². The number of methoxy groups -OCH3 is 1. The second-order valence-electron chi connectivity index (χ2n) is 7.14. The van der Waals surface area contributed by atoms with Crippen LogP contribution in [-0.4, -0.2) is 56.1 Å². The van der Waals surface area contributed by atoms with E-state index in [4.69, 9.17) is 9.15 Å². The summed E-state index contributed by atoms with van der Waals surface area (Å²) in [7, 11) is 1.32. The van der Waals surface area contributed by atoms with Crippen LogP contribution in [0.4, 0.5) is 5.69 Å². The molecule has 8 nitrogen and oxygen atoms in total. The van der Waals surface area contributed by atoms with Crippen molar-refractivity contribution in [2.75, 3.05) is 38.7 Å². The molecule has 0 saturated carbocycles. The highest BCUT2D eigenvalue weighted by molar-refractivity contribution is 6.13. The molecule has 1 aromatic heterocycles. The van der Waals surface area contributed by atoms with Gasteiger partial charge in [0.05, 0.1) is 25.9 Å². The van der Waals surface area contributed by atoms with Gasteiger partial charge in [-0.25, -0.2) is 4.79 Å². The zero-order valence-corrected chi connectivity index (χ0v) is 17.5. The third-order valence-corrected chi connectivity index (χ3v) is 5.10. The minimum absolute atomic E-state index is 0.0947. The summed E-state index contributed by atoms with van der Waals surface area (Å²) < 4.78 is 15.8. The molecule has 8 heteroatoms. The van der Waals surface area contributed by atoms with Gasteiger partial charge in [0.25, 0.3) is 5.91 Å². The number of nitrogens with one attached hydrogen (secondary N) is 1. The second-order valence-corrected chi connectivity index (χ2v) is 7.14. The van der Waals surface area contributed by atoms with E-state index >= 15 is 0 Å². The number of para-hydroxylation sites is 1. The number of fused-ring (bicyclic) bond motifs is 1. The van der Waals surface area contributed by atoms with Crippen molar-refractivity contribution in [3.63, 3.8) is 0 Å². The standard InChI is InChI=1S/C24H22N2O6/c1-30-24(29)17-9-6-16(7-10-17)8-11-20(27)25-21-18-4-2-3-5-19(18)32-22(21)23(28)26-12-14-31-15-13-26/h2-11H,12-15H2,1H3,(H,25,27)/b11-8+. The lowest BCUT2D eigenvalue weighted by atomic mass is 10.1. The molecule has 0 aliphatic carbocycles. The molecule has 1 N–H and O–H groups in total. The molecule has 3 aromatic rings. The minimum Gasteiger partial charge on any atom is -0.465 e. The van der Waals surface area contributed by atoms with Crippen molar-refractivity contribution in [2.24, 2.45) is 0 Å². The third kappa shape index (κ3) is 4.55. The van der Waals surface area contributed by atoms with Crippen molar-refractivity contribution in [1.29, 1.82) is 0 Å². The fourth-order valence-electron chi connectivity index (χ4n) is 3.42. The maximum absolute atomic E-state index is 13.0. The molecule has 1 fully saturated rings. The third-order valence-electron chi connectivity index (χ3n) is 5.10. The number of anilines is 1. The predicted molar refractivity (Wildman–Crippen MR) is 118 cm³/mol. The van der Waals surface area contributed by atoms with Gasteiger partial charge < -0.3 is 24.1 Å². The molecule has 0 atom stereocenters. The van der Waals surface area contributed by atoms with Crippen LogP contribution in [0.15, 0.2) is 59.0 Å². The van der Waals surface area contributed by atoms with E-state index in [-0.39, 0.29) is 11.7 Å². The van der Waals surface area contributed by atoms with Crippen molar-refractivity contribution < 1.29 is 28.3 Å². The largest absolute Gasteiger partial charge is 0.465 e. The van der Waals surface area contributed by atoms with E-state index < -0.39 is 11.9 Å². The van der Waals surface area contributed by atoms with Gasteiger partial charge in [0, 0.05) is 24.6 Å². The number of hydrogen-bond acceptors (Lipinski definition) is 6. The van der Waals surface area contributed by atoms with E-state index in [9.17, 15) is 14.4 Å². The van der Waals surface area contributed by atoms with Gasteiger partial charge in [0.2, 0.25) is 11.7 Å². The summed E-state index contributed by atoms with van der Waals surface area (Å²) in [4.78, 5) is 38.8. The van der Waals surface area contributed by atoms with Crippen molar-refractivity contribution >= 4 is 40.5 Å². The normalized spacial score (nSPS) is 14.0. The molecule has 1 saturated heterocycles. The number of ether oxygens (including phenoxy) is 2. The SMILES string of the molecule is COC(=O)c1ccc(/C=C/C(=O)Nc2c(C(=O)N3CCOCC3)oc3ccccc23)cc1. The van der Waals surface area contributed by atoms with Crippen molar-refractivity contribution in [2.45, 2.75) is 0 Å². The molecule has 2 amide bonds. The van der Waals surface area contributed by atoms with Crippen LogP contribution in [-0.2, 0) is 14.3 Å². The molecule has 2 heterocycles. The van der Waals surface area contributed by atoms with Crippen LogP contribution >= 0.6 is 0 Å². The summed E-state index contributed by atoms with van der Waals surface area (Å²) in [6.45, 7) is 1.85. The maximum Gasteiger partial charge on any atom is 0.337 e. The first kappa shape index (κ1) is 21.3. The van der Waals surface area contributed by atoms with Gasteiger partial charge in [-0.2, -0.15) is 0 Å². The maximum atomic E-state index is 13.0. The van der Waals surface area contributed by atoms with Crippen molar-refractivity contribution in [3.05, 3.63) is 71.5 Å². The molecular formula is C24H22N2O6. The summed E-state index contributed by atoms with van der Waals surface area (Å²) in [5.41, 5.74) is 2.01.